The number of nitriles is 1. The first-order chi connectivity index (χ1) is 17.4. The van der Waals surface area contributed by atoms with E-state index in [2.05, 4.69) is 25.3 Å². The molecule has 0 saturated heterocycles. The SMILES string of the molecule is CCCS(=O)(=O)Nc1ccc(-c2c(C#N)c3ccc(Oc4nccc(C)n4)cc3n2CC2CC2)cc1. The summed E-state index contributed by atoms with van der Waals surface area (Å²) in [6.45, 7) is 4.50. The summed E-state index contributed by atoms with van der Waals surface area (Å²) in [6, 6.07) is 17.3. The van der Waals surface area contributed by atoms with Crippen LogP contribution >= 0.6 is 0 Å². The van der Waals surface area contributed by atoms with Crippen molar-refractivity contribution in [1.82, 2.24) is 14.5 Å². The lowest BCUT2D eigenvalue weighted by atomic mass is 10.1. The molecule has 1 fully saturated rings. The van der Waals surface area contributed by atoms with E-state index in [0.717, 1.165) is 47.2 Å². The summed E-state index contributed by atoms with van der Waals surface area (Å²) in [6.07, 6.45) is 4.52. The molecule has 0 amide bonds. The summed E-state index contributed by atoms with van der Waals surface area (Å²) >= 11 is 0. The van der Waals surface area contributed by atoms with Gasteiger partial charge in [-0.15, -0.1) is 0 Å². The number of hydrogen-bond acceptors (Lipinski definition) is 6. The van der Waals surface area contributed by atoms with Gasteiger partial charge in [-0.2, -0.15) is 5.26 Å². The van der Waals surface area contributed by atoms with Gasteiger partial charge in [-0.25, -0.2) is 18.4 Å². The Bertz CT molecular complexity index is 1570. The molecule has 2 aromatic carbocycles. The van der Waals surface area contributed by atoms with Crippen molar-refractivity contribution in [2.24, 2.45) is 5.92 Å². The van der Waals surface area contributed by atoms with Crippen LogP contribution in [-0.4, -0.2) is 28.7 Å². The van der Waals surface area contributed by atoms with Gasteiger partial charge < -0.3 is 9.30 Å². The molecule has 184 valence electrons. The normalized spacial score (nSPS) is 13.5. The number of fused-ring (bicyclic) bond motifs is 1. The number of nitrogens with zero attached hydrogens (tertiary/aromatic N) is 4. The number of ether oxygens (including phenoxy) is 1. The van der Waals surface area contributed by atoms with E-state index >= 15 is 0 Å². The van der Waals surface area contributed by atoms with E-state index in [1.165, 1.54) is 0 Å². The number of nitrogens with one attached hydrogen (secondary N) is 1. The van der Waals surface area contributed by atoms with Crippen LogP contribution in [0.4, 0.5) is 5.69 Å². The topological polar surface area (TPSA) is 110 Å². The molecule has 1 aliphatic rings. The molecule has 0 atom stereocenters. The third kappa shape index (κ3) is 5.04. The predicted octanol–water partition coefficient (Wildman–Crippen LogP) is 5.63. The zero-order chi connectivity index (χ0) is 25.3. The van der Waals surface area contributed by atoms with E-state index in [0.29, 0.717) is 29.3 Å². The second-order valence-electron chi connectivity index (χ2n) is 9.15. The van der Waals surface area contributed by atoms with Crippen molar-refractivity contribution in [2.45, 2.75) is 39.7 Å². The van der Waals surface area contributed by atoms with E-state index in [1.54, 1.807) is 18.3 Å². The largest absolute Gasteiger partial charge is 0.424 e. The molecular weight excluding hydrogens is 474 g/mol. The Balaban J connectivity index is 1.56. The molecular formula is C27H27N5O3S. The predicted molar refractivity (Wildman–Crippen MR) is 139 cm³/mol. The first kappa shape index (κ1) is 23.8. The lowest BCUT2D eigenvalue weighted by Gasteiger charge is -2.13. The number of anilines is 1. The molecule has 0 spiro atoms. The van der Waals surface area contributed by atoms with E-state index in [1.807, 2.05) is 50.2 Å². The maximum Gasteiger partial charge on any atom is 0.322 e. The highest BCUT2D eigenvalue weighted by Crippen LogP contribution is 2.40. The Morgan fingerprint density at radius 2 is 1.94 bits per heavy atom. The van der Waals surface area contributed by atoms with Crippen LogP contribution in [0.25, 0.3) is 22.2 Å². The molecule has 0 bridgehead atoms. The molecule has 2 heterocycles. The summed E-state index contributed by atoms with van der Waals surface area (Å²) in [4.78, 5) is 8.51. The maximum atomic E-state index is 12.2. The Kier molecular flexibility index (Phi) is 6.37. The summed E-state index contributed by atoms with van der Waals surface area (Å²) in [7, 11) is -3.38. The maximum absolute atomic E-state index is 12.2. The van der Waals surface area contributed by atoms with Crippen LogP contribution in [0.5, 0.6) is 11.8 Å². The zero-order valence-electron chi connectivity index (χ0n) is 20.2. The molecule has 2 aromatic heterocycles. The fourth-order valence-electron chi connectivity index (χ4n) is 4.33. The van der Waals surface area contributed by atoms with Crippen molar-refractivity contribution < 1.29 is 13.2 Å². The molecule has 0 unspecified atom stereocenters. The molecule has 8 nitrogen and oxygen atoms in total. The van der Waals surface area contributed by atoms with E-state index in [-0.39, 0.29) is 11.8 Å². The van der Waals surface area contributed by atoms with Gasteiger partial charge in [0.25, 0.3) is 0 Å². The van der Waals surface area contributed by atoms with Crippen LogP contribution in [0.1, 0.15) is 37.4 Å². The van der Waals surface area contributed by atoms with Crippen molar-refractivity contribution in [3.63, 3.8) is 0 Å². The van der Waals surface area contributed by atoms with Crippen molar-refractivity contribution in [1.29, 1.82) is 5.26 Å². The Hall–Kier alpha value is -3.90. The zero-order valence-corrected chi connectivity index (χ0v) is 21.0. The summed E-state index contributed by atoms with van der Waals surface area (Å²) < 4.78 is 35.0. The third-order valence-electron chi connectivity index (χ3n) is 6.17. The van der Waals surface area contributed by atoms with Gasteiger partial charge in [0.05, 0.1) is 22.5 Å². The Labute approximate surface area is 210 Å². The highest BCUT2D eigenvalue weighted by molar-refractivity contribution is 7.92. The first-order valence-electron chi connectivity index (χ1n) is 12.0. The van der Waals surface area contributed by atoms with E-state index in [9.17, 15) is 13.7 Å². The van der Waals surface area contributed by atoms with Crippen LogP contribution in [0.15, 0.2) is 54.7 Å². The fourth-order valence-corrected chi connectivity index (χ4v) is 5.46. The monoisotopic (exact) mass is 501 g/mol. The van der Waals surface area contributed by atoms with Crippen LogP contribution in [0, 0.1) is 24.2 Å². The molecule has 9 heteroatoms. The average molecular weight is 502 g/mol. The Morgan fingerprint density at radius 3 is 2.61 bits per heavy atom. The summed E-state index contributed by atoms with van der Waals surface area (Å²) in [5, 5.41) is 11.0. The second kappa shape index (κ2) is 9.63. The van der Waals surface area contributed by atoms with Gasteiger partial charge >= 0.3 is 6.01 Å². The lowest BCUT2D eigenvalue weighted by Crippen LogP contribution is -2.15. The molecule has 0 aliphatic heterocycles. The van der Waals surface area contributed by atoms with Crippen molar-refractivity contribution in [3.8, 4) is 29.1 Å². The summed E-state index contributed by atoms with van der Waals surface area (Å²) in [5.74, 6) is 1.23. The molecule has 0 radical (unpaired) electrons. The molecule has 4 aromatic rings. The van der Waals surface area contributed by atoms with E-state index in [4.69, 9.17) is 4.74 Å². The number of aromatic nitrogens is 3. The number of sulfonamides is 1. The molecule has 1 saturated carbocycles. The second-order valence-corrected chi connectivity index (χ2v) is 11.0. The third-order valence-corrected chi connectivity index (χ3v) is 7.66. The molecule has 1 N–H and O–H groups in total. The molecule has 36 heavy (non-hydrogen) atoms. The van der Waals surface area contributed by atoms with Crippen molar-refractivity contribution in [3.05, 3.63) is 66.0 Å². The standard InChI is InChI=1S/C27H27N5O3S/c1-3-14-36(33,34)31-21-8-6-20(7-9-21)26-24(16-28)23-11-10-22(35-27-29-13-12-18(2)30-27)15-25(23)32(26)17-19-4-5-19/h6-13,15,19,31H,3-5,14,17H2,1-2H3. The Morgan fingerprint density at radius 1 is 1.17 bits per heavy atom. The minimum Gasteiger partial charge on any atom is -0.424 e. The highest BCUT2D eigenvalue weighted by Gasteiger charge is 2.27. The van der Waals surface area contributed by atoms with Gasteiger partial charge in [-0.05, 0) is 68.0 Å². The molecule has 5 rings (SSSR count). The van der Waals surface area contributed by atoms with Gasteiger partial charge in [0, 0.05) is 35.6 Å². The number of hydrogen-bond donors (Lipinski definition) is 1. The highest BCUT2D eigenvalue weighted by atomic mass is 32.2. The van der Waals surface area contributed by atoms with E-state index < -0.39 is 10.0 Å². The van der Waals surface area contributed by atoms with Gasteiger partial charge in [-0.1, -0.05) is 19.1 Å². The summed E-state index contributed by atoms with van der Waals surface area (Å²) in [5.41, 5.74) is 4.49. The average Bonchev–Trinajstić information content (AvgIpc) is 3.61. The van der Waals surface area contributed by atoms with Gasteiger partial charge in [0.1, 0.15) is 11.8 Å². The number of benzene rings is 2. The van der Waals surface area contributed by atoms with Crippen molar-refractivity contribution in [2.75, 3.05) is 10.5 Å². The van der Waals surface area contributed by atoms with Crippen molar-refractivity contribution >= 4 is 26.6 Å². The van der Waals surface area contributed by atoms with Gasteiger partial charge in [0.2, 0.25) is 10.0 Å². The van der Waals surface area contributed by atoms with Crippen LogP contribution in [0.3, 0.4) is 0 Å². The van der Waals surface area contributed by atoms with Crippen LogP contribution in [-0.2, 0) is 16.6 Å². The molecule has 1 aliphatic carbocycles. The fraction of sp³-hybridized carbons (Fsp3) is 0.296. The number of aryl methyl sites for hydroxylation is 1. The minimum atomic E-state index is -3.38. The van der Waals surface area contributed by atoms with Gasteiger partial charge in [0.15, 0.2) is 0 Å². The lowest BCUT2D eigenvalue weighted by molar-refractivity contribution is 0.440. The van der Waals surface area contributed by atoms with Gasteiger partial charge in [-0.3, -0.25) is 4.72 Å². The van der Waals surface area contributed by atoms with Crippen LogP contribution in [0.2, 0.25) is 0 Å². The minimum absolute atomic E-state index is 0.0704. The smallest absolute Gasteiger partial charge is 0.322 e. The number of rotatable bonds is 9. The van der Waals surface area contributed by atoms with Crippen LogP contribution < -0.4 is 9.46 Å². The first-order valence-corrected chi connectivity index (χ1v) is 13.7. The quantitative estimate of drug-likeness (QED) is 0.318.